The molecule has 3 aromatic carbocycles. The van der Waals surface area contributed by atoms with E-state index in [2.05, 4.69) is 10.1 Å². The van der Waals surface area contributed by atoms with Crippen molar-refractivity contribution in [3.05, 3.63) is 77.4 Å². The Bertz CT molecular complexity index is 1750. The third kappa shape index (κ3) is 9.29. The average Bonchev–Trinajstić information content (AvgIpc) is 3.05. The Hall–Kier alpha value is -6.45. The minimum absolute atomic E-state index is 0.0242. The lowest BCUT2D eigenvalue weighted by molar-refractivity contribution is -0.157. The second kappa shape index (κ2) is 16.2. The van der Waals surface area contributed by atoms with Gasteiger partial charge >= 0.3 is 35.8 Å². The number of carboxylic acids is 1. The molecule has 0 aromatic heterocycles. The number of nitrogens with one attached hydrogen (secondary N) is 1. The number of methoxy groups -OCH3 is 3. The first-order valence-electron chi connectivity index (χ1n) is 13.6. The predicted octanol–water partition coefficient (Wildman–Crippen LogP) is 2.82. The van der Waals surface area contributed by atoms with Crippen molar-refractivity contribution in [3.8, 4) is 23.0 Å². The minimum Gasteiger partial charge on any atom is -0.493 e. The number of ether oxygens (including phenoxy) is 7. The van der Waals surface area contributed by atoms with Crippen LogP contribution in [0.1, 0.15) is 44.9 Å². The van der Waals surface area contributed by atoms with Crippen LogP contribution in [-0.4, -0.2) is 80.4 Å². The molecule has 0 aliphatic carbocycles. The molecule has 16 nitrogen and oxygen atoms in total. The Morgan fingerprint density at radius 3 is 1.52 bits per heavy atom. The lowest BCUT2D eigenvalue weighted by Crippen LogP contribution is -2.48. The molecule has 2 N–H and O–H groups in total. The summed E-state index contributed by atoms with van der Waals surface area (Å²) in [5, 5.41) is 12.4. The van der Waals surface area contributed by atoms with E-state index in [1.165, 1.54) is 50.6 Å². The van der Waals surface area contributed by atoms with E-state index in [0.29, 0.717) is 0 Å². The predicted molar refractivity (Wildman–Crippen MR) is 161 cm³/mol. The number of benzene rings is 3. The molecule has 48 heavy (non-hydrogen) atoms. The van der Waals surface area contributed by atoms with Crippen LogP contribution in [-0.2, 0) is 33.4 Å². The summed E-state index contributed by atoms with van der Waals surface area (Å²) in [7, 11) is 3.59. The summed E-state index contributed by atoms with van der Waals surface area (Å²) in [6.07, 6.45) is -4.77. The van der Waals surface area contributed by atoms with Gasteiger partial charge in [0.05, 0.1) is 38.0 Å². The SMILES string of the molecule is COC(=O)c1cccc(NC(=O)[C@H](OC(=O)c2ccc(OC(C)=O)c(OC)c2)[C@@H](OC(=O)c2ccc(OC(C)=O)c(OC)c2)C(=O)O)c1. The number of hydrogen-bond acceptors (Lipinski definition) is 14. The van der Waals surface area contributed by atoms with E-state index in [9.17, 15) is 38.7 Å². The lowest BCUT2D eigenvalue weighted by atomic mass is 10.1. The van der Waals surface area contributed by atoms with Crippen molar-refractivity contribution in [1.82, 2.24) is 0 Å². The van der Waals surface area contributed by atoms with E-state index in [-0.39, 0.29) is 45.4 Å². The van der Waals surface area contributed by atoms with Gasteiger partial charge in [-0.25, -0.2) is 19.2 Å². The summed E-state index contributed by atoms with van der Waals surface area (Å²) >= 11 is 0. The third-order valence-electron chi connectivity index (χ3n) is 6.10. The van der Waals surface area contributed by atoms with Crippen molar-refractivity contribution in [3.63, 3.8) is 0 Å². The summed E-state index contributed by atoms with van der Waals surface area (Å²) in [6, 6.07) is 12.2. The van der Waals surface area contributed by atoms with Gasteiger partial charge in [0.25, 0.3) is 5.91 Å². The summed E-state index contributed by atoms with van der Waals surface area (Å²) in [4.78, 5) is 87.2. The van der Waals surface area contributed by atoms with Gasteiger partial charge in [0, 0.05) is 19.5 Å². The molecule has 0 radical (unpaired) electrons. The van der Waals surface area contributed by atoms with Gasteiger partial charge in [0.1, 0.15) is 0 Å². The number of aliphatic carboxylic acids is 1. The second-order valence-electron chi connectivity index (χ2n) is 9.47. The molecule has 0 heterocycles. The highest BCUT2D eigenvalue weighted by Gasteiger charge is 2.41. The van der Waals surface area contributed by atoms with Gasteiger partial charge < -0.3 is 43.6 Å². The molecule has 0 bridgehead atoms. The fraction of sp³-hybridized carbons (Fsp3) is 0.219. The largest absolute Gasteiger partial charge is 0.493 e. The molecular formula is C32H29NO15. The van der Waals surface area contributed by atoms with Crippen LogP contribution in [0.3, 0.4) is 0 Å². The maximum Gasteiger partial charge on any atom is 0.349 e. The normalized spacial score (nSPS) is 11.5. The summed E-state index contributed by atoms with van der Waals surface area (Å²) < 4.78 is 35.4. The van der Waals surface area contributed by atoms with Crippen LogP contribution in [0.25, 0.3) is 0 Å². The van der Waals surface area contributed by atoms with Gasteiger partial charge in [-0.3, -0.25) is 14.4 Å². The smallest absolute Gasteiger partial charge is 0.349 e. The van der Waals surface area contributed by atoms with Crippen LogP contribution in [0.15, 0.2) is 60.7 Å². The quantitative estimate of drug-likeness (QED) is 0.152. The first-order chi connectivity index (χ1) is 22.8. The highest BCUT2D eigenvalue weighted by molar-refractivity contribution is 6.02. The van der Waals surface area contributed by atoms with E-state index < -0.39 is 53.9 Å². The fourth-order valence-corrected chi connectivity index (χ4v) is 3.98. The first-order valence-corrected chi connectivity index (χ1v) is 13.6. The van der Waals surface area contributed by atoms with Gasteiger partial charge in [0.15, 0.2) is 23.0 Å². The molecule has 1 amide bonds. The Kier molecular flexibility index (Phi) is 12.2. The first kappa shape index (κ1) is 36.0. The zero-order valence-corrected chi connectivity index (χ0v) is 26.1. The summed E-state index contributed by atoms with van der Waals surface area (Å²) in [5.74, 6) is -8.06. The highest BCUT2D eigenvalue weighted by Crippen LogP contribution is 2.30. The van der Waals surface area contributed by atoms with Crippen molar-refractivity contribution in [2.24, 2.45) is 0 Å². The highest BCUT2D eigenvalue weighted by atomic mass is 16.6. The summed E-state index contributed by atoms with van der Waals surface area (Å²) in [5.41, 5.74) is -0.556. The van der Waals surface area contributed by atoms with Crippen LogP contribution in [0.5, 0.6) is 23.0 Å². The van der Waals surface area contributed by atoms with E-state index >= 15 is 0 Å². The molecule has 252 valence electrons. The Morgan fingerprint density at radius 2 is 1.08 bits per heavy atom. The van der Waals surface area contributed by atoms with Crippen molar-refractivity contribution in [2.45, 2.75) is 26.1 Å². The van der Waals surface area contributed by atoms with Crippen LogP contribution in [0, 0.1) is 0 Å². The standard InChI is InChI=1S/C32H29NO15/c1-16(34)45-22-11-9-19(14-24(22)42-3)31(40)47-26(28(36)33-21-8-6-7-18(13-21)30(39)44-5)27(29(37)38)48-32(41)20-10-12-23(46-17(2)35)25(15-20)43-4/h6-15,26-27H,1-5H3,(H,33,36)(H,37,38)/t26-,27-/m1/s1. The molecule has 2 atom stereocenters. The minimum atomic E-state index is -2.44. The van der Waals surface area contributed by atoms with Crippen LogP contribution >= 0.6 is 0 Å². The van der Waals surface area contributed by atoms with Crippen molar-refractivity contribution in [1.29, 1.82) is 0 Å². The van der Waals surface area contributed by atoms with Crippen molar-refractivity contribution in [2.75, 3.05) is 26.6 Å². The number of amides is 1. The fourth-order valence-electron chi connectivity index (χ4n) is 3.98. The molecule has 0 unspecified atom stereocenters. The Balaban J connectivity index is 2.00. The van der Waals surface area contributed by atoms with Gasteiger partial charge in [-0.05, 0) is 54.6 Å². The van der Waals surface area contributed by atoms with Crippen LogP contribution < -0.4 is 24.3 Å². The molecule has 0 aliphatic heterocycles. The van der Waals surface area contributed by atoms with Crippen molar-refractivity contribution >= 4 is 47.4 Å². The third-order valence-corrected chi connectivity index (χ3v) is 6.10. The zero-order valence-electron chi connectivity index (χ0n) is 26.1. The second-order valence-corrected chi connectivity index (χ2v) is 9.47. The number of rotatable bonds is 13. The Morgan fingerprint density at radius 1 is 0.604 bits per heavy atom. The van der Waals surface area contributed by atoms with E-state index in [4.69, 9.17) is 28.4 Å². The van der Waals surface area contributed by atoms with Crippen LogP contribution in [0.2, 0.25) is 0 Å². The number of carboxylic acid groups (broad SMARTS) is 1. The Labute approximate surface area is 272 Å². The van der Waals surface area contributed by atoms with E-state index in [1.807, 2.05) is 0 Å². The average molecular weight is 668 g/mol. The monoisotopic (exact) mass is 667 g/mol. The number of hydrogen-bond donors (Lipinski definition) is 2. The molecular weight excluding hydrogens is 638 g/mol. The van der Waals surface area contributed by atoms with Gasteiger partial charge in [-0.15, -0.1) is 0 Å². The van der Waals surface area contributed by atoms with Gasteiger partial charge in [-0.1, -0.05) is 6.07 Å². The maximum absolute atomic E-state index is 13.5. The van der Waals surface area contributed by atoms with E-state index in [0.717, 1.165) is 45.2 Å². The molecule has 0 saturated carbocycles. The molecule has 3 rings (SSSR count). The van der Waals surface area contributed by atoms with Crippen LogP contribution in [0.4, 0.5) is 5.69 Å². The number of esters is 5. The molecule has 0 fully saturated rings. The number of anilines is 1. The van der Waals surface area contributed by atoms with E-state index in [1.54, 1.807) is 0 Å². The molecule has 3 aromatic rings. The topological polar surface area (TPSA) is 216 Å². The number of carbonyl (C=O) groups excluding carboxylic acids is 6. The number of carbonyl (C=O) groups is 7. The molecule has 16 heteroatoms. The summed E-state index contributed by atoms with van der Waals surface area (Å²) in [6.45, 7) is 2.28. The zero-order chi connectivity index (χ0) is 35.5. The van der Waals surface area contributed by atoms with Gasteiger partial charge in [0.2, 0.25) is 12.2 Å². The van der Waals surface area contributed by atoms with Gasteiger partial charge in [-0.2, -0.15) is 0 Å². The lowest BCUT2D eigenvalue weighted by Gasteiger charge is -2.24. The molecule has 0 aliphatic rings. The molecule has 0 spiro atoms. The van der Waals surface area contributed by atoms with Crippen molar-refractivity contribution < 1.29 is 71.8 Å². The maximum atomic E-state index is 13.5. The molecule has 0 saturated heterocycles.